The summed E-state index contributed by atoms with van der Waals surface area (Å²) in [6, 6.07) is -0.500. The smallest absolute Gasteiger partial charge is 0.313 e. The fourth-order valence-electron chi connectivity index (χ4n) is 1.46. The predicted molar refractivity (Wildman–Crippen MR) is 60.5 cm³/mol. The number of hydrogen-bond donors (Lipinski definition) is 1. The van der Waals surface area contributed by atoms with Gasteiger partial charge in [0.05, 0.1) is 6.42 Å². The molecule has 98 valence electrons. The summed E-state index contributed by atoms with van der Waals surface area (Å²) in [5.41, 5.74) is 0. The van der Waals surface area contributed by atoms with E-state index in [1.54, 1.807) is 6.92 Å². The van der Waals surface area contributed by atoms with Crippen LogP contribution in [0, 0.1) is 0 Å². The van der Waals surface area contributed by atoms with Gasteiger partial charge in [0.2, 0.25) is 0 Å². The van der Waals surface area contributed by atoms with E-state index in [4.69, 9.17) is 0 Å². The first-order valence-electron chi connectivity index (χ1n) is 5.84. The predicted octanol–water partition coefficient (Wildman–Crippen LogP) is 2.65. The van der Waals surface area contributed by atoms with Crippen LogP contribution in [0.2, 0.25) is 0 Å². The van der Waals surface area contributed by atoms with Crippen molar-refractivity contribution in [1.29, 1.82) is 0 Å². The number of hydrogen-bond acceptors (Lipinski definition) is 2. The van der Waals surface area contributed by atoms with Crippen molar-refractivity contribution in [2.24, 2.45) is 0 Å². The summed E-state index contributed by atoms with van der Waals surface area (Å²) in [7, 11) is 1.99. The fourth-order valence-corrected chi connectivity index (χ4v) is 1.46. The van der Waals surface area contributed by atoms with Crippen LogP contribution in [0.15, 0.2) is 0 Å². The average Bonchev–Trinajstić information content (AvgIpc) is 2.11. The highest BCUT2D eigenvalue weighted by molar-refractivity contribution is 4.66. The van der Waals surface area contributed by atoms with Gasteiger partial charge in [0.15, 0.2) is 0 Å². The van der Waals surface area contributed by atoms with Gasteiger partial charge in [-0.15, -0.1) is 0 Å². The third-order valence-electron chi connectivity index (χ3n) is 2.42. The first-order chi connectivity index (χ1) is 7.35. The second-order valence-corrected chi connectivity index (χ2v) is 4.33. The molecule has 0 fully saturated rings. The van der Waals surface area contributed by atoms with Crippen molar-refractivity contribution < 1.29 is 13.2 Å². The Balaban J connectivity index is 3.50. The average molecular weight is 240 g/mol. The normalized spacial score (nSPS) is 14.4. The fraction of sp³-hybridized carbons (Fsp3) is 1.00. The summed E-state index contributed by atoms with van der Waals surface area (Å²) in [4.78, 5) is 2.14. The highest BCUT2D eigenvalue weighted by Gasteiger charge is 2.29. The van der Waals surface area contributed by atoms with Gasteiger partial charge in [-0.2, -0.15) is 13.2 Å². The Labute approximate surface area is 96.2 Å². The molecular formula is C11H23F3N2. The molecule has 0 bridgehead atoms. The second-order valence-electron chi connectivity index (χ2n) is 4.33. The van der Waals surface area contributed by atoms with E-state index in [1.165, 1.54) is 0 Å². The summed E-state index contributed by atoms with van der Waals surface area (Å²) in [5, 5.41) is 2.88. The van der Waals surface area contributed by atoms with E-state index in [1.807, 2.05) is 7.05 Å². The molecule has 5 heteroatoms. The molecule has 1 N–H and O–H groups in total. The van der Waals surface area contributed by atoms with Crippen LogP contribution in [0.1, 0.15) is 33.1 Å². The van der Waals surface area contributed by atoms with Gasteiger partial charge >= 0.3 is 6.18 Å². The summed E-state index contributed by atoms with van der Waals surface area (Å²) in [6.07, 6.45) is -2.55. The van der Waals surface area contributed by atoms with Gasteiger partial charge in [-0.25, -0.2) is 0 Å². The minimum Gasteiger partial charge on any atom is -0.313 e. The molecule has 0 spiro atoms. The van der Waals surface area contributed by atoms with Crippen molar-refractivity contribution >= 4 is 0 Å². The molecule has 0 amide bonds. The summed E-state index contributed by atoms with van der Waals surface area (Å²) >= 11 is 0. The molecule has 0 saturated carbocycles. The maximum absolute atomic E-state index is 12.0. The van der Waals surface area contributed by atoms with Crippen LogP contribution in [0.4, 0.5) is 13.2 Å². The number of halogens is 3. The van der Waals surface area contributed by atoms with Gasteiger partial charge in [0.1, 0.15) is 0 Å². The monoisotopic (exact) mass is 240 g/mol. The molecule has 0 aromatic heterocycles. The number of likely N-dealkylation sites (N-methyl/N-ethyl adjacent to an activating group) is 1. The van der Waals surface area contributed by atoms with Gasteiger partial charge in [-0.05, 0) is 26.9 Å². The van der Waals surface area contributed by atoms with E-state index < -0.39 is 18.6 Å². The number of rotatable bonds is 8. The molecule has 16 heavy (non-hydrogen) atoms. The molecule has 0 heterocycles. The Morgan fingerprint density at radius 2 is 1.88 bits per heavy atom. The molecule has 0 aliphatic heterocycles. The zero-order valence-electron chi connectivity index (χ0n) is 10.4. The van der Waals surface area contributed by atoms with Crippen molar-refractivity contribution in [1.82, 2.24) is 10.2 Å². The van der Waals surface area contributed by atoms with Gasteiger partial charge in [-0.1, -0.05) is 13.3 Å². The lowest BCUT2D eigenvalue weighted by Gasteiger charge is -2.19. The topological polar surface area (TPSA) is 15.3 Å². The van der Waals surface area contributed by atoms with Crippen molar-refractivity contribution in [2.75, 3.05) is 26.7 Å². The molecule has 0 aliphatic rings. The van der Waals surface area contributed by atoms with E-state index >= 15 is 0 Å². The molecule has 1 unspecified atom stereocenters. The first-order valence-corrected chi connectivity index (χ1v) is 5.84. The molecule has 0 aromatic rings. The van der Waals surface area contributed by atoms with Crippen LogP contribution >= 0.6 is 0 Å². The van der Waals surface area contributed by atoms with E-state index in [9.17, 15) is 13.2 Å². The van der Waals surface area contributed by atoms with Crippen LogP contribution in [0.3, 0.4) is 0 Å². The summed E-state index contributed by atoms with van der Waals surface area (Å²) in [5.74, 6) is 0. The Morgan fingerprint density at radius 1 is 1.25 bits per heavy atom. The lowest BCUT2D eigenvalue weighted by molar-refractivity contribution is -0.139. The quantitative estimate of drug-likeness (QED) is 0.701. The van der Waals surface area contributed by atoms with Crippen molar-refractivity contribution in [2.45, 2.75) is 45.3 Å². The highest BCUT2D eigenvalue weighted by Crippen LogP contribution is 2.21. The van der Waals surface area contributed by atoms with E-state index in [0.29, 0.717) is 6.54 Å². The Bertz CT molecular complexity index is 171. The van der Waals surface area contributed by atoms with Crippen LogP contribution in [0.25, 0.3) is 0 Å². The number of alkyl halides is 3. The van der Waals surface area contributed by atoms with Crippen LogP contribution in [-0.2, 0) is 0 Å². The maximum atomic E-state index is 12.0. The van der Waals surface area contributed by atoms with E-state index in [0.717, 1.165) is 25.9 Å². The summed E-state index contributed by atoms with van der Waals surface area (Å²) in [6.45, 7) is 6.10. The lowest BCUT2D eigenvalue weighted by atomic mass is 10.2. The lowest BCUT2D eigenvalue weighted by Crippen LogP contribution is -2.36. The van der Waals surface area contributed by atoms with Crippen molar-refractivity contribution in [3.8, 4) is 0 Å². The standard InChI is InChI=1S/C11H23F3N2/c1-4-5-7-16(3)8-6-15-10(2)9-11(12,13)14/h10,15H,4-9H2,1-3H3. The SMILES string of the molecule is CCCCN(C)CCNC(C)CC(F)(F)F. The minimum absolute atomic E-state index is 0.500. The zero-order chi connectivity index (χ0) is 12.6. The van der Waals surface area contributed by atoms with E-state index in [-0.39, 0.29) is 0 Å². The largest absolute Gasteiger partial charge is 0.390 e. The van der Waals surface area contributed by atoms with Gasteiger partial charge < -0.3 is 10.2 Å². The Hall–Kier alpha value is -0.290. The number of nitrogens with zero attached hydrogens (tertiary/aromatic N) is 1. The molecule has 1 atom stereocenters. The van der Waals surface area contributed by atoms with Gasteiger partial charge in [0, 0.05) is 19.1 Å². The molecule has 2 nitrogen and oxygen atoms in total. The van der Waals surface area contributed by atoms with Gasteiger partial charge in [-0.3, -0.25) is 0 Å². The van der Waals surface area contributed by atoms with Crippen molar-refractivity contribution in [3.05, 3.63) is 0 Å². The minimum atomic E-state index is -4.07. The third-order valence-corrected chi connectivity index (χ3v) is 2.42. The Morgan fingerprint density at radius 3 is 2.38 bits per heavy atom. The first kappa shape index (κ1) is 15.7. The molecular weight excluding hydrogens is 217 g/mol. The maximum Gasteiger partial charge on any atom is 0.390 e. The molecule has 0 radical (unpaired) electrons. The molecule has 0 aromatic carbocycles. The summed E-state index contributed by atoms with van der Waals surface area (Å²) < 4.78 is 36.0. The Kier molecular flexibility index (Phi) is 7.76. The van der Waals surface area contributed by atoms with Crippen LogP contribution in [0.5, 0.6) is 0 Å². The van der Waals surface area contributed by atoms with Crippen molar-refractivity contribution in [3.63, 3.8) is 0 Å². The zero-order valence-corrected chi connectivity index (χ0v) is 10.4. The molecule has 0 saturated heterocycles. The molecule has 0 rings (SSSR count). The van der Waals surface area contributed by atoms with E-state index in [2.05, 4.69) is 17.1 Å². The van der Waals surface area contributed by atoms with Gasteiger partial charge in [0.25, 0.3) is 0 Å². The highest BCUT2D eigenvalue weighted by atomic mass is 19.4. The van der Waals surface area contributed by atoms with Crippen LogP contribution < -0.4 is 5.32 Å². The number of nitrogens with one attached hydrogen (secondary N) is 1. The number of unbranched alkanes of at least 4 members (excludes halogenated alkanes) is 1. The third kappa shape index (κ3) is 10.2. The van der Waals surface area contributed by atoms with Crippen LogP contribution in [-0.4, -0.2) is 43.8 Å². The second kappa shape index (κ2) is 7.90. The molecule has 0 aliphatic carbocycles.